The third-order valence-corrected chi connectivity index (χ3v) is 10.5. The van der Waals surface area contributed by atoms with Crippen LogP contribution in [0.25, 0.3) is 0 Å². The standard InChI is InChI=1S/C46H64N2/c1-4-7-10-13-16-42(37-23-25-39(26-24-37)46(18-15-12-9-6-3)41-29-33-44(48)34-30-41)35-36-19-21-38(22-20-36)45(17-14-11-8-5-2)40-27-31-43(47)32-28-40/h19-34,42,45-46H,4-18,35,47-48H2,1-3H3. The molecule has 4 N–H and O–H groups in total. The number of nitrogens with two attached hydrogens (primary N) is 2. The van der Waals surface area contributed by atoms with Crippen LogP contribution in [0.4, 0.5) is 11.4 Å². The molecule has 2 heteroatoms. The van der Waals surface area contributed by atoms with Gasteiger partial charge in [-0.15, -0.1) is 0 Å². The van der Waals surface area contributed by atoms with Gasteiger partial charge in [-0.1, -0.05) is 171 Å². The Balaban J connectivity index is 1.52. The van der Waals surface area contributed by atoms with Gasteiger partial charge in [0.05, 0.1) is 0 Å². The van der Waals surface area contributed by atoms with Gasteiger partial charge >= 0.3 is 0 Å². The summed E-state index contributed by atoms with van der Waals surface area (Å²) in [5, 5.41) is 0. The second kappa shape index (κ2) is 20.8. The topological polar surface area (TPSA) is 52.0 Å². The van der Waals surface area contributed by atoms with Crippen molar-refractivity contribution in [2.75, 3.05) is 11.5 Å². The Kier molecular flexibility index (Phi) is 16.1. The van der Waals surface area contributed by atoms with Gasteiger partial charge in [0.15, 0.2) is 0 Å². The van der Waals surface area contributed by atoms with Crippen LogP contribution < -0.4 is 11.5 Å². The Bertz CT molecular complexity index is 1400. The minimum absolute atomic E-state index is 0.419. The van der Waals surface area contributed by atoms with E-state index >= 15 is 0 Å². The second-order valence-corrected chi connectivity index (χ2v) is 14.3. The molecule has 0 radical (unpaired) electrons. The molecule has 0 aliphatic carbocycles. The van der Waals surface area contributed by atoms with Crippen LogP contribution >= 0.6 is 0 Å². The fourth-order valence-electron chi connectivity index (χ4n) is 7.43. The van der Waals surface area contributed by atoms with E-state index in [-0.39, 0.29) is 0 Å². The molecule has 0 saturated heterocycles. The summed E-state index contributed by atoms with van der Waals surface area (Å²) in [4.78, 5) is 0. The lowest BCUT2D eigenvalue weighted by atomic mass is 9.82. The number of unbranched alkanes of at least 4 members (excludes halogenated alkanes) is 9. The first-order valence-corrected chi connectivity index (χ1v) is 19.4. The zero-order valence-corrected chi connectivity index (χ0v) is 30.4. The van der Waals surface area contributed by atoms with Gasteiger partial charge in [-0.2, -0.15) is 0 Å². The predicted molar refractivity (Wildman–Crippen MR) is 211 cm³/mol. The fraction of sp³-hybridized carbons (Fsp3) is 0.478. The fourth-order valence-corrected chi connectivity index (χ4v) is 7.43. The smallest absolute Gasteiger partial charge is 0.0314 e. The number of hydrogen-bond acceptors (Lipinski definition) is 2. The Hall–Kier alpha value is -3.52. The highest BCUT2D eigenvalue weighted by Crippen LogP contribution is 2.35. The molecule has 0 aliphatic heterocycles. The molecule has 0 bridgehead atoms. The van der Waals surface area contributed by atoms with Gasteiger partial charge in [0.1, 0.15) is 0 Å². The van der Waals surface area contributed by atoms with Crippen molar-refractivity contribution in [1.82, 2.24) is 0 Å². The van der Waals surface area contributed by atoms with Crippen LogP contribution in [0.1, 0.15) is 168 Å². The number of benzene rings is 4. The van der Waals surface area contributed by atoms with E-state index in [4.69, 9.17) is 11.5 Å². The van der Waals surface area contributed by atoms with E-state index in [9.17, 15) is 0 Å². The molecular weight excluding hydrogens is 581 g/mol. The molecule has 0 spiro atoms. The highest BCUT2D eigenvalue weighted by molar-refractivity contribution is 5.44. The van der Waals surface area contributed by atoms with Gasteiger partial charge in [-0.05, 0) is 89.2 Å². The largest absolute Gasteiger partial charge is 0.399 e. The van der Waals surface area contributed by atoms with Gasteiger partial charge in [0, 0.05) is 23.2 Å². The molecule has 0 heterocycles. The molecular formula is C46H64N2. The zero-order valence-electron chi connectivity index (χ0n) is 30.4. The number of rotatable bonds is 22. The summed E-state index contributed by atoms with van der Waals surface area (Å²) in [6, 6.07) is 36.5. The lowest BCUT2D eigenvalue weighted by Crippen LogP contribution is -2.07. The van der Waals surface area contributed by atoms with Crippen LogP contribution in [0.3, 0.4) is 0 Å². The summed E-state index contributed by atoms with van der Waals surface area (Å²) in [5.74, 6) is 1.37. The highest BCUT2D eigenvalue weighted by atomic mass is 14.5. The van der Waals surface area contributed by atoms with E-state index < -0.39 is 0 Å². The third-order valence-electron chi connectivity index (χ3n) is 10.5. The van der Waals surface area contributed by atoms with Crippen molar-refractivity contribution in [2.24, 2.45) is 0 Å². The molecule has 0 fully saturated rings. The molecule has 2 nitrogen and oxygen atoms in total. The van der Waals surface area contributed by atoms with Gasteiger partial charge in [-0.25, -0.2) is 0 Å². The molecule has 0 aromatic heterocycles. The van der Waals surface area contributed by atoms with Crippen molar-refractivity contribution in [1.29, 1.82) is 0 Å². The van der Waals surface area contributed by atoms with Crippen molar-refractivity contribution in [3.05, 3.63) is 130 Å². The minimum Gasteiger partial charge on any atom is -0.399 e. The highest BCUT2D eigenvalue weighted by Gasteiger charge is 2.18. The second-order valence-electron chi connectivity index (χ2n) is 14.3. The monoisotopic (exact) mass is 645 g/mol. The maximum Gasteiger partial charge on any atom is 0.0314 e. The Morgan fingerprint density at radius 1 is 0.375 bits per heavy atom. The summed E-state index contributed by atoms with van der Waals surface area (Å²) in [6.07, 6.45) is 20.2. The molecule has 4 aromatic rings. The Labute approximate surface area is 293 Å². The molecule has 258 valence electrons. The first-order chi connectivity index (χ1) is 23.5. The van der Waals surface area contributed by atoms with Crippen LogP contribution in [-0.4, -0.2) is 0 Å². The molecule has 3 atom stereocenters. The van der Waals surface area contributed by atoms with Gasteiger partial charge in [0.2, 0.25) is 0 Å². The molecule has 0 saturated carbocycles. The molecule has 3 unspecified atom stereocenters. The summed E-state index contributed by atoms with van der Waals surface area (Å²) >= 11 is 0. The van der Waals surface area contributed by atoms with Crippen molar-refractivity contribution in [3.8, 4) is 0 Å². The lowest BCUT2D eigenvalue weighted by Gasteiger charge is -2.22. The zero-order chi connectivity index (χ0) is 34.0. The molecule has 48 heavy (non-hydrogen) atoms. The van der Waals surface area contributed by atoms with Crippen LogP contribution in [0.5, 0.6) is 0 Å². The number of anilines is 2. The van der Waals surface area contributed by atoms with Gasteiger partial charge < -0.3 is 11.5 Å². The quantitative estimate of drug-likeness (QED) is 0.0660. The molecule has 4 rings (SSSR count). The van der Waals surface area contributed by atoms with Crippen LogP contribution in [-0.2, 0) is 6.42 Å². The maximum atomic E-state index is 6.06. The third kappa shape index (κ3) is 11.9. The SMILES string of the molecule is CCCCCCC(Cc1ccc(C(CCCCCC)c2ccc(N)cc2)cc1)c1ccc(C(CCCCCC)c2ccc(N)cc2)cc1. The van der Waals surface area contributed by atoms with E-state index in [2.05, 4.69) is 118 Å². The Morgan fingerprint density at radius 2 is 0.708 bits per heavy atom. The number of nitrogen functional groups attached to an aromatic ring is 2. The van der Waals surface area contributed by atoms with E-state index in [1.165, 1.54) is 130 Å². The predicted octanol–water partition coefficient (Wildman–Crippen LogP) is 13.4. The van der Waals surface area contributed by atoms with Crippen molar-refractivity contribution < 1.29 is 0 Å². The number of hydrogen-bond donors (Lipinski definition) is 2. The average Bonchev–Trinajstić information content (AvgIpc) is 3.11. The van der Waals surface area contributed by atoms with Crippen LogP contribution in [0.2, 0.25) is 0 Å². The van der Waals surface area contributed by atoms with Crippen LogP contribution in [0, 0.1) is 0 Å². The van der Waals surface area contributed by atoms with Crippen molar-refractivity contribution in [2.45, 2.75) is 141 Å². The average molecular weight is 645 g/mol. The van der Waals surface area contributed by atoms with E-state index in [1.54, 1.807) is 0 Å². The van der Waals surface area contributed by atoms with Crippen molar-refractivity contribution in [3.63, 3.8) is 0 Å². The normalized spacial score (nSPS) is 13.3. The van der Waals surface area contributed by atoms with E-state index in [0.717, 1.165) is 17.8 Å². The van der Waals surface area contributed by atoms with Crippen LogP contribution in [0.15, 0.2) is 97.1 Å². The molecule has 0 aliphatic rings. The Morgan fingerprint density at radius 3 is 1.10 bits per heavy atom. The van der Waals surface area contributed by atoms with E-state index in [1.807, 2.05) is 0 Å². The first kappa shape index (κ1) is 37.3. The molecule has 0 amide bonds. The molecule has 4 aromatic carbocycles. The minimum atomic E-state index is 0.419. The van der Waals surface area contributed by atoms with Gasteiger partial charge in [-0.3, -0.25) is 0 Å². The van der Waals surface area contributed by atoms with Gasteiger partial charge in [0.25, 0.3) is 0 Å². The summed E-state index contributed by atoms with van der Waals surface area (Å²) < 4.78 is 0. The summed E-state index contributed by atoms with van der Waals surface area (Å²) in [7, 11) is 0. The first-order valence-electron chi connectivity index (χ1n) is 19.4. The van der Waals surface area contributed by atoms with E-state index in [0.29, 0.717) is 17.8 Å². The van der Waals surface area contributed by atoms with Crippen molar-refractivity contribution >= 4 is 11.4 Å². The lowest BCUT2D eigenvalue weighted by molar-refractivity contribution is 0.550. The summed E-state index contributed by atoms with van der Waals surface area (Å²) in [5.41, 5.74) is 22.3. The maximum absolute atomic E-state index is 6.06. The summed E-state index contributed by atoms with van der Waals surface area (Å²) in [6.45, 7) is 6.88.